The van der Waals surface area contributed by atoms with Crippen molar-refractivity contribution in [2.24, 2.45) is 0 Å². The molecule has 1 amide bonds. The second-order valence-electron chi connectivity index (χ2n) is 7.18. The van der Waals surface area contributed by atoms with E-state index in [0.29, 0.717) is 19.1 Å². The van der Waals surface area contributed by atoms with Crippen molar-refractivity contribution in [3.8, 4) is 0 Å². The van der Waals surface area contributed by atoms with Gasteiger partial charge in [-0.25, -0.2) is 0 Å². The molecule has 0 bridgehead atoms. The summed E-state index contributed by atoms with van der Waals surface area (Å²) in [6.45, 7) is 6.94. The van der Waals surface area contributed by atoms with Crippen LogP contribution in [0.1, 0.15) is 26.7 Å². The Morgan fingerprint density at radius 2 is 1.88 bits per heavy atom. The summed E-state index contributed by atoms with van der Waals surface area (Å²) in [6, 6.07) is 8.46. The number of morpholine rings is 1. The van der Waals surface area contributed by atoms with Crippen LogP contribution in [0.25, 0.3) is 0 Å². The Labute approximate surface area is 149 Å². The Morgan fingerprint density at radius 1 is 1.24 bits per heavy atom. The van der Waals surface area contributed by atoms with E-state index in [4.69, 9.17) is 9.84 Å². The minimum absolute atomic E-state index is 0.0262. The number of aliphatic hydroxyl groups is 1. The van der Waals surface area contributed by atoms with Crippen molar-refractivity contribution in [1.82, 2.24) is 4.90 Å². The topological polar surface area (TPSA) is 65.0 Å². The second-order valence-corrected chi connectivity index (χ2v) is 7.18. The highest BCUT2D eigenvalue weighted by atomic mass is 16.5. The lowest BCUT2D eigenvalue weighted by atomic mass is 10.2. The molecule has 0 radical (unpaired) electrons. The minimum atomic E-state index is -0.0262. The van der Waals surface area contributed by atoms with Crippen LogP contribution >= 0.6 is 0 Å². The maximum atomic E-state index is 12.2. The van der Waals surface area contributed by atoms with Gasteiger partial charge in [0.05, 0.1) is 25.4 Å². The third-order valence-corrected chi connectivity index (χ3v) is 4.73. The first kappa shape index (κ1) is 18.2. The van der Waals surface area contributed by atoms with E-state index in [9.17, 15) is 4.79 Å². The van der Waals surface area contributed by atoms with Gasteiger partial charge >= 0.3 is 0 Å². The van der Waals surface area contributed by atoms with Gasteiger partial charge < -0.3 is 20.1 Å². The molecule has 0 aromatic heterocycles. The van der Waals surface area contributed by atoms with Gasteiger partial charge in [-0.15, -0.1) is 0 Å². The summed E-state index contributed by atoms with van der Waals surface area (Å²) in [4.78, 5) is 16.6. The number of anilines is 2. The Hall–Kier alpha value is -1.63. The molecule has 2 atom stereocenters. The fraction of sp³-hybridized carbons (Fsp3) is 0.632. The lowest BCUT2D eigenvalue weighted by molar-refractivity contribution is -0.117. The number of rotatable bonds is 7. The summed E-state index contributed by atoms with van der Waals surface area (Å²) < 4.78 is 5.77. The molecular formula is C19H29N3O3. The smallest absolute Gasteiger partial charge is 0.238 e. The zero-order valence-electron chi connectivity index (χ0n) is 15.1. The summed E-state index contributed by atoms with van der Waals surface area (Å²) in [7, 11) is 0. The largest absolute Gasteiger partial charge is 0.395 e. The number of carbonyl (C=O) groups is 1. The van der Waals surface area contributed by atoms with E-state index in [2.05, 4.69) is 29.0 Å². The lowest BCUT2D eigenvalue weighted by Gasteiger charge is -2.36. The molecule has 138 valence electrons. The normalized spacial score (nSPS) is 23.8. The van der Waals surface area contributed by atoms with Crippen molar-refractivity contribution < 1.29 is 14.6 Å². The van der Waals surface area contributed by atoms with Crippen LogP contribution in [0.2, 0.25) is 0 Å². The summed E-state index contributed by atoms with van der Waals surface area (Å²) >= 11 is 0. The van der Waals surface area contributed by atoms with Crippen molar-refractivity contribution in [2.75, 3.05) is 43.0 Å². The first-order valence-electron chi connectivity index (χ1n) is 9.20. The Morgan fingerprint density at radius 3 is 2.44 bits per heavy atom. The Balaban J connectivity index is 1.54. The molecule has 2 fully saturated rings. The van der Waals surface area contributed by atoms with Gasteiger partial charge in [-0.2, -0.15) is 0 Å². The van der Waals surface area contributed by atoms with Gasteiger partial charge in [-0.05, 0) is 51.0 Å². The molecule has 1 heterocycles. The third-order valence-electron chi connectivity index (χ3n) is 4.73. The monoisotopic (exact) mass is 347 g/mol. The van der Waals surface area contributed by atoms with Gasteiger partial charge in [-0.1, -0.05) is 0 Å². The molecule has 1 saturated carbocycles. The number of hydrogen-bond acceptors (Lipinski definition) is 5. The van der Waals surface area contributed by atoms with E-state index in [1.807, 2.05) is 24.3 Å². The first-order chi connectivity index (χ1) is 12.0. The molecule has 1 aliphatic heterocycles. The van der Waals surface area contributed by atoms with Crippen LogP contribution in [0.5, 0.6) is 0 Å². The van der Waals surface area contributed by atoms with E-state index in [0.717, 1.165) is 37.3 Å². The fourth-order valence-corrected chi connectivity index (χ4v) is 3.49. The Kier molecular flexibility index (Phi) is 5.93. The van der Waals surface area contributed by atoms with Gasteiger partial charge in [0, 0.05) is 37.1 Å². The van der Waals surface area contributed by atoms with Crippen LogP contribution in [-0.4, -0.2) is 66.9 Å². The van der Waals surface area contributed by atoms with Crippen LogP contribution in [0.15, 0.2) is 24.3 Å². The number of ether oxygens (including phenoxy) is 1. The molecule has 1 aromatic carbocycles. The van der Waals surface area contributed by atoms with Gasteiger partial charge in [0.15, 0.2) is 0 Å². The number of amides is 1. The highest BCUT2D eigenvalue weighted by molar-refractivity contribution is 5.92. The maximum Gasteiger partial charge on any atom is 0.238 e. The van der Waals surface area contributed by atoms with Gasteiger partial charge in [0.2, 0.25) is 5.91 Å². The lowest BCUT2D eigenvalue weighted by Crippen LogP contribution is -2.45. The van der Waals surface area contributed by atoms with Gasteiger partial charge in [0.25, 0.3) is 0 Å². The zero-order chi connectivity index (χ0) is 17.8. The molecule has 1 saturated heterocycles. The summed E-state index contributed by atoms with van der Waals surface area (Å²) in [5.41, 5.74) is 1.96. The van der Waals surface area contributed by atoms with Crippen molar-refractivity contribution in [1.29, 1.82) is 0 Å². The van der Waals surface area contributed by atoms with Crippen molar-refractivity contribution in [2.45, 2.75) is 44.9 Å². The van der Waals surface area contributed by atoms with Crippen LogP contribution in [0.3, 0.4) is 0 Å². The maximum absolute atomic E-state index is 12.2. The van der Waals surface area contributed by atoms with Gasteiger partial charge in [0.1, 0.15) is 0 Å². The average molecular weight is 347 g/mol. The van der Waals surface area contributed by atoms with Crippen LogP contribution in [0, 0.1) is 0 Å². The minimum Gasteiger partial charge on any atom is -0.395 e. The quantitative estimate of drug-likeness (QED) is 0.786. The number of carbonyl (C=O) groups excluding carboxylic acids is 1. The second kappa shape index (κ2) is 8.17. The van der Waals surface area contributed by atoms with E-state index in [-0.39, 0.29) is 24.7 Å². The van der Waals surface area contributed by atoms with E-state index in [1.165, 1.54) is 0 Å². The molecule has 2 N–H and O–H groups in total. The molecule has 1 aliphatic carbocycles. The number of hydrogen-bond donors (Lipinski definition) is 2. The number of aliphatic hydroxyl groups excluding tert-OH is 1. The molecule has 2 aliphatic rings. The number of nitrogens with zero attached hydrogens (tertiary/aromatic N) is 2. The van der Waals surface area contributed by atoms with Crippen molar-refractivity contribution in [3.05, 3.63) is 24.3 Å². The van der Waals surface area contributed by atoms with Crippen LogP contribution in [0.4, 0.5) is 11.4 Å². The Bertz CT molecular complexity index is 564. The highest BCUT2D eigenvalue weighted by Crippen LogP contribution is 2.26. The van der Waals surface area contributed by atoms with Crippen LogP contribution in [-0.2, 0) is 9.53 Å². The average Bonchev–Trinajstić information content (AvgIpc) is 3.39. The van der Waals surface area contributed by atoms with Crippen molar-refractivity contribution >= 4 is 17.3 Å². The predicted molar refractivity (Wildman–Crippen MR) is 99.0 cm³/mol. The van der Waals surface area contributed by atoms with E-state index >= 15 is 0 Å². The van der Waals surface area contributed by atoms with Crippen molar-refractivity contribution in [3.63, 3.8) is 0 Å². The van der Waals surface area contributed by atoms with Gasteiger partial charge in [-0.3, -0.25) is 9.69 Å². The zero-order valence-corrected chi connectivity index (χ0v) is 15.1. The van der Waals surface area contributed by atoms with E-state index < -0.39 is 0 Å². The summed E-state index contributed by atoms with van der Waals surface area (Å²) in [5.74, 6) is -0.0262. The SMILES string of the molecule is CC1CN(c2ccc(NC(=O)CN(CCO)C3CC3)cc2)CC(C)O1. The molecule has 0 spiro atoms. The molecular weight excluding hydrogens is 318 g/mol. The highest BCUT2D eigenvalue weighted by Gasteiger charge is 2.29. The molecule has 3 rings (SSSR count). The predicted octanol–water partition coefficient (Wildman–Crippen LogP) is 1.70. The van der Waals surface area contributed by atoms with Crippen LogP contribution < -0.4 is 10.2 Å². The summed E-state index contributed by atoms with van der Waals surface area (Å²) in [5, 5.41) is 12.1. The molecule has 6 nitrogen and oxygen atoms in total. The number of nitrogens with one attached hydrogen (secondary N) is 1. The molecule has 25 heavy (non-hydrogen) atoms. The van der Waals surface area contributed by atoms with E-state index in [1.54, 1.807) is 0 Å². The summed E-state index contributed by atoms with van der Waals surface area (Å²) in [6.07, 6.45) is 2.70. The first-order valence-corrected chi connectivity index (χ1v) is 9.20. The third kappa shape index (κ3) is 5.17. The fourth-order valence-electron chi connectivity index (χ4n) is 3.49. The molecule has 6 heteroatoms. The number of benzene rings is 1. The molecule has 2 unspecified atom stereocenters. The molecule has 1 aromatic rings. The standard InChI is InChI=1S/C19H29N3O3/c1-14-11-22(12-15(2)25-14)18-5-3-16(4-6-18)20-19(24)13-21(9-10-23)17-7-8-17/h3-6,14-15,17,23H,7-13H2,1-2H3,(H,20,24).